The molecule has 0 saturated heterocycles. The molecule has 0 radical (unpaired) electrons. The Kier molecular flexibility index (Phi) is 5.61. The topological polar surface area (TPSA) is 90.9 Å². The molecule has 3 rings (SSSR count). The molecule has 0 fully saturated rings. The summed E-state index contributed by atoms with van der Waals surface area (Å²) in [5, 5.41) is 0.299. The maximum Gasteiger partial charge on any atom is 0.341 e. The van der Waals surface area contributed by atoms with Crippen LogP contribution in [0, 0.1) is 0 Å². The predicted octanol–water partition coefficient (Wildman–Crippen LogP) is 3.23. The van der Waals surface area contributed by atoms with Crippen molar-refractivity contribution in [1.82, 2.24) is 0 Å². The molecule has 1 aromatic heterocycles. The standard InChI is InChI=1S/C18H21NO6S2/c1-4-25-18(20)16-12-6-5-7-15(12)26-17(16)19-27(21,22)11-8-9-13(23-2)14(10-11)24-3/h8-10,19H,4-7H2,1-3H3. The van der Waals surface area contributed by atoms with E-state index in [2.05, 4.69) is 4.72 Å². The number of methoxy groups -OCH3 is 2. The zero-order chi connectivity index (χ0) is 19.6. The van der Waals surface area contributed by atoms with Gasteiger partial charge in [-0.2, -0.15) is 0 Å². The van der Waals surface area contributed by atoms with E-state index in [9.17, 15) is 13.2 Å². The lowest BCUT2D eigenvalue weighted by Gasteiger charge is -2.12. The third-order valence-electron chi connectivity index (χ3n) is 4.29. The average Bonchev–Trinajstić information content (AvgIpc) is 3.21. The summed E-state index contributed by atoms with van der Waals surface area (Å²) in [6, 6.07) is 4.33. The molecule has 0 bridgehead atoms. The molecule has 0 spiro atoms. The Hall–Kier alpha value is -2.26. The lowest BCUT2D eigenvalue weighted by Crippen LogP contribution is -2.16. The van der Waals surface area contributed by atoms with E-state index in [0.29, 0.717) is 22.1 Å². The Balaban J connectivity index is 1.98. The number of hydrogen-bond acceptors (Lipinski definition) is 7. The molecule has 27 heavy (non-hydrogen) atoms. The number of aryl methyl sites for hydroxylation is 1. The summed E-state index contributed by atoms with van der Waals surface area (Å²) in [5.74, 6) is 0.236. The van der Waals surface area contributed by atoms with Gasteiger partial charge < -0.3 is 14.2 Å². The van der Waals surface area contributed by atoms with Crippen LogP contribution in [0.3, 0.4) is 0 Å². The van der Waals surface area contributed by atoms with Gasteiger partial charge in [-0.15, -0.1) is 11.3 Å². The van der Waals surface area contributed by atoms with Crippen molar-refractivity contribution in [3.05, 3.63) is 34.2 Å². The third kappa shape index (κ3) is 3.74. The number of fused-ring (bicyclic) bond motifs is 1. The maximum atomic E-state index is 12.9. The number of ether oxygens (including phenoxy) is 3. The van der Waals surface area contributed by atoms with E-state index in [4.69, 9.17) is 14.2 Å². The fourth-order valence-electron chi connectivity index (χ4n) is 3.06. The van der Waals surface area contributed by atoms with E-state index in [-0.39, 0.29) is 11.5 Å². The highest BCUT2D eigenvalue weighted by molar-refractivity contribution is 7.93. The van der Waals surface area contributed by atoms with Gasteiger partial charge in [-0.1, -0.05) is 0 Å². The summed E-state index contributed by atoms with van der Waals surface area (Å²) in [6.07, 6.45) is 2.54. The largest absolute Gasteiger partial charge is 0.493 e. The molecular formula is C18H21NO6S2. The molecule has 0 atom stereocenters. The van der Waals surface area contributed by atoms with Gasteiger partial charge in [-0.05, 0) is 43.9 Å². The van der Waals surface area contributed by atoms with Crippen molar-refractivity contribution < 1.29 is 27.4 Å². The Morgan fingerprint density at radius 1 is 1.19 bits per heavy atom. The van der Waals surface area contributed by atoms with Gasteiger partial charge in [0.05, 0.1) is 31.3 Å². The highest BCUT2D eigenvalue weighted by atomic mass is 32.2. The van der Waals surface area contributed by atoms with Crippen molar-refractivity contribution >= 4 is 32.3 Å². The van der Waals surface area contributed by atoms with Crippen LogP contribution in [0.2, 0.25) is 0 Å². The van der Waals surface area contributed by atoms with Gasteiger partial charge in [0.15, 0.2) is 11.5 Å². The summed E-state index contributed by atoms with van der Waals surface area (Å²) in [6.45, 7) is 1.95. The second-order valence-corrected chi connectivity index (χ2v) is 8.69. The average molecular weight is 412 g/mol. The number of thiophene rings is 1. The molecule has 0 amide bonds. The molecule has 0 aliphatic heterocycles. The van der Waals surface area contributed by atoms with Crippen molar-refractivity contribution in [2.75, 3.05) is 25.5 Å². The number of esters is 1. The van der Waals surface area contributed by atoms with E-state index < -0.39 is 16.0 Å². The monoisotopic (exact) mass is 411 g/mol. The molecule has 146 valence electrons. The van der Waals surface area contributed by atoms with E-state index in [1.165, 1.54) is 43.8 Å². The molecule has 9 heteroatoms. The highest BCUT2D eigenvalue weighted by Gasteiger charge is 2.30. The Labute approximate surface area is 162 Å². The van der Waals surface area contributed by atoms with Gasteiger partial charge in [0.25, 0.3) is 10.0 Å². The second kappa shape index (κ2) is 7.77. The summed E-state index contributed by atoms with van der Waals surface area (Å²) in [7, 11) is -1.00. The lowest BCUT2D eigenvalue weighted by molar-refractivity contribution is 0.0527. The van der Waals surface area contributed by atoms with Crippen LogP contribution in [0.1, 0.15) is 34.1 Å². The lowest BCUT2D eigenvalue weighted by atomic mass is 10.1. The number of nitrogens with one attached hydrogen (secondary N) is 1. The summed E-state index contributed by atoms with van der Waals surface area (Å²) < 4.78 is 43.8. The van der Waals surface area contributed by atoms with Crippen LogP contribution >= 0.6 is 11.3 Å². The molecular weight excluding hydrogens is 390 g/mol. The van der Waals surface area contributed by atoms with E-state index >= 15 is 0 Å². The van der Waals surface area contributed by atoms with E-state index in [1.807, 2.05) is 0 Å². The SMILES string of the molecule is CCOC(=O)c1c(NS(=O)(=O)c2ccc(OC)c(OC)c2)sc2c1CCC2. The first kappa shape index (κ1) is 19.5. The van der Waals surface area contributed by atoms with E-state index in [0.717, 1.165) is 29.7 Å². The van der Waals surface area contributed by atoms with Crippen LogP contribution in [0.25, 0.3) is 0 Å². The number of rotatable bonds is 7. The minimum Gasteiger partial charge on any atom is -0.493 e. The highest BCUT2D eigenvalue weighted by Crippen LogP contribution is 2.40. The summed E-state index contributed by atoms with van der Waals surface area (Å²) in [4.78, 5) is 13.5. The van der Waals surface area contributed by atoms with Gasteiger partial charge in [0.1, 0.15) is 5.00 Å². The molecule has 1 aliphatic rings. The van der Waals surface area contributed by atoms with Crippen molar-refractivity contribution in [3.63, 3.8) is 0 Å². The predicted molar refractivity (Wildman–Crippen MR) is 103 cm³/mol. The Bertz CT molecular complexity index is 964. The molecule has 1 N–H and O–H groups in total. The van der Waals surface area contributed by atoms with Gasteiger partial charge in [0, 0.05) is 10.9 Å². The molecule has 1 aliphatic carbocycles. The summed E-state index contributed by atoms with van der Waals surface area (Å²) in [5.41, 5.74) is 1.22. The zero-order valence-corrected chi connectivity index (χ0v) is 17.0. The van der Waals surface area contributed by atoms with Crippen LogP contribution in [-0.2, 0) is 27.6 Å². The quantitative estimate of drug-likeness (QED) is 0.704. The van der Waals surface area contributed by atoms with Gasteiger partial charge in [-0.3, -0.25) is 4.72 Å². The zero-order valence-electron chi connectivity index (χ0n) is 15.3. The fourth-order valence-corrected chi connectivity index (χ4v) is 5.66. The molecule has 1 heterocycles. The molecule has 1 aromatic carbocycles. The Morgan fingerprint density at radius 3 is 2.59 bits per heavy atom. The smallest absolute Gasteiger partial charge is 0.341 e. The molecule has 0 unspecified atom stereocenters. The number of hydrogen-bond donors (Lipinski definition) is 1. The van der Waals surface area contributed by atoms with Gasteiger partial charge in [0.2, 0.25) is 0 Å². The van der Waals surface area contributed by atoms with Crippen molar-refractivity contribution in [2.45, 2.75) is 31.1 Å². The summed E-state index contributed by atoms with van der Waals surface area (Å²) >= 11 is 1.29. The first-order valence-electron chi connectivity index (χ1n) is 8.47. The second-order valence-electron chi connectivity index (χ2n) is 5.90. The van der Waals surface area contributed by atoms with Crippen LogP contribution in [0.4, 0.5) is 5.00 Å². The van der Waals surface area contributed by atoms with Crippen LogP contribution in [-0.4, -0.2) is 35.2 Å². The number of anilines is 1. The van der Waals surface area contributed by atoms with Crippen molar-refractivity contribution in [2.24, 2.45) is 0 Å². The fraction of sp³-hybridized carbons (Fsp3) is 0.389. The minimum absolute atomic E-state index is 0.0171. The van der Waals surface area contributed by atoms with E-state index in [1.54, 1.807) is 6.92 Å². The molecule has 0 saturated carbocycles. The third-order valence-corrected chi connectivity index (χ3v) is 6.98. The first-order chi connectivity index (χ1) is 12.9. The molecule has 7 nitrogen and oxygen atoms in total. The number of carbonyl (C=O) groups excluding carboxylic acids is 1. The van der Waals surface area contributed by atoms with Crippen LogP contribution in [0.15, 0.2) is 23.1 Å². The minimum atomic E-state index is -3.91. The van der Waals surface area contributed by atoms with Gasteiger partial charge in [-0.25, -0.2) is 13.2 Å². The Morgan fingerprint density at radius 2 is 1.93 bits per heavy atom. The van der Waals surface area contributed by atoms with Gasteiger partial charge >= 0.3 is 5.97 Å². The van der Waals surface area contributed by atoms with Crippen molar-refractivity contribution in [1.29, 1.82) is 0 Å². The molecule has 2 aromatic rings. The normalized spacial score (nSPS) is 13.1. The number of carbonyl (C=O) groups is 1. The number of benzene rings is 1. The van der Waals surface area contributed by atoms with Crippen molar-refractivity contribution in [3.8, 4) is 11.5 Å². The first-order valence-corrected chi connectivity index (χ1v) is 10.8. The maximum absolute atomic E-state index is 12.9. The van der Waals surface area contributed by atoms with Crippen LogP contribution < -0.4 is 14.2 Å². The van der Waals surface area contributed by atoms with Crippen LogP contribution in [0.5, 0.6) is 11.5 Å². The number of sulfonamides is 1.